The van der Waals surface area contributed by atoms with E-state index in [0.717, 1.165) is 12.1 Å². The lowest BCUT2D eigenvalue weighted by Crippen LogP contribution is -2.36. The fourth-order valence-electron chi connectivity index (χ4n) is 3.34. The standard InChI is InChI=1S/C22H27ClN2O2/c1-17(27-21-10-6-9-20(23)14-21)22(26)24-15-18-7-5-8-19(13-18)16-25-11-3-2-4-12-25/h5-10,13-14,17H,2-4,11-12,15-16H2,1H3,(H,24,26)/t17-/m0/s1. The van der Waals surface area contributed by atoms with E-state index >= 15 is 0 Å². The zero-order chi connectivity index (χ0) is 19.1. The van der Waals surface area contributed by atoms with E-state index in [1.165, 1.54) is 37.9 Å². The highest BCUT2D eigenvalue weighted by Crippen LogP contribution is 2.18. The molecule has 0 unspecified atom stereocenters. The van der Waals surface area contributed by atoms with E-state index in [1.54, 1.807) is 31.2 Å². The van der Waals surface area contributed by atoms with Crippen molar-refractivity contribution in [2.24, 2.45) is 0 Å². The van der Waals surface area contributed by atoms with Gasteiger partial charge in [0.2, 0.25) is 0 Å². The summed E-state index contributed by atoms with van der Waals surface area (Å²) in [5, 5.41) is 3.54. The first-order valence-corrected chi connectivity index (χ1v) is 9.98. The molecule has 0 spiro atoms. The summed E-state index contributed by atoms with van der Waals surface area (Å²) >= 11 is 5.95. The van der Waals surface area contributed by atoms with Crippen LogP contribution in [0.25, 0.3) is 0 Å². The monoisotopic (exact) mass is 386 g/mol. The van der Waals surface area contributed by atoms with Crippen LogP contribution < -0.4 is 10.1 Å². The first-order valence-electron chi connectivity index (χ1n) is 9.60. The Morgan fingerprint density at radius 2 is 1.85 bits per heavy atom. The highest BCUT2D eigenvalue weighted by Gasteiger charge is 2.15. The Balaban J connectivity index is 1.49. The quantitative estimate of drug-likeness (QED) is 0.766. The van der Waals surface area contributed by atoms with E-state index in [-0.39, 0.29) is 5.91 Å². The molecule has 1 aliphatic rings. The van der Waals surface area contributed by atoms with Crippen molar-refractivity contribution in [3.8, 4) is 5.75 Å². The van der Waals surface area contributed by atoms with Crippen LogP contribution in [-0.2, 0) is 17.9 Å². The summed E-state index contributed by atoms with van der Waals surface area (Å²) in [6, 6.07) is 15.5. The molecule has 5 heteroatoms. The highest BCUT2D eigenvalue weighted by molar-refractivity contribution is 6.30. The van der Waals surface area contributed by atoms with Crippen molar-refractivity contribution in [2.45, 2.75) is 45.4 Å². The molecule has 1 fully saturated rings. The predicted octanol–water partition coefficient (Wildman–Crippen LogP) is 4.41. The fourth-order valence-corrected chi connectivity index (χ4v) is 3.52. The van der Waals surface area contributed by atoms with Gasteiger partial charge in [-0.25, -0.2) is 0 Å². The summed E-state index contributed by atoms with van der Waals surface area (Å²) in [5.41, 5.74) is 2.40. The van der Waals surface area contributed by atoms with Gasteiger partial charge in [-0.3, -0.25) is 9.69 Å². The zero-order valence-corrected chi connectivity index (χ0v) is 16.5. The molecule has 2 aromatic carbocycles. The molecule has 1 aliphatic heterocycles. The van der Waals surface area contributed by atoms with Crippen molar-refractivity contribution in [2.75, 3.05) is 13.1 Å². The lowest BCUT2D eigenvalue weighted by Gasteiger charge is -2.26. The number of carbonyl (C=O) groups excluding carboxylic acids is 1. The van der Waals surface area contributed by atoms with Crippen molar-refractivity contribution in [1.29, 1.82) is 0 Å². The molecule has 2 aromatic rings. The van der Waals surface area contributed by atoms with Gasteiger partial charge in [0.15, 0.2) is 6.10 Å². The maximum absolute atomic E-state index is 12.3. The Labute approximate surface area is 166 Å². The van der Waals surface area contributed by atoms with E-state index in [0.29, 0.717) is 17.3 Å². The highest BCUT2D eigenvalue weighted by atomic mass is 35.5. The molecule has 0 aromatic heterocycles. The number of ether oxygens (including phenoxy) is 1. The molecule has 4 nitrogen and oxygen atoms in total. The van der Waals surface area contributed by atoms with Crippen LogP contribution in [0.2, 0.25) is 5.02 Å². The number of nitrogens with zero attached hydrogens (tertiary/aromatic N) is 1. The van der Waals surface area contributed by atoms with Crippen molar-refractivity contribution < 1.29 is 9.53 Å². The molecule has 1 saturated heterocycles. The summed E-state index contributed by atoms with van der Waals surface area (Å²) in [6.07, 6.45) is 3.35. The van der Waals surface area contributed by atoms with Crippen LogP contribution in [0.1, 0.15) is 37.3 Å². The number of likely N-dealkylation sites (tertiary alicyclic amines) is 1. The molecule has 1 amide bonds. The second-order valence-electron chi connectivity index (χ2n) is 7.09. The molecular formula is C22H27ClN2O2. The Morgan fingerprint density at radius 1 is 1.11 bits per heavy atom. The van der Waals surface area contributed by atoms with Crippen molar-refractivity contribution >= 4 is 17.5 Å². The van der Waals surface area contributed by atoms with Gasteiger partial charge in [-0.05, 0) is 62.2 Å². The number of benzene rings is 2. The summed E-state index contributed by atoms with van der Waals surface area (Å²) < 4.78 is 5.67. The molecule has 144 valence electrons. The molecule has 0 radical (unpaired) electrons. The number of hydrogen-bond donors (Lipinski definition) is 1. The number of halogens is 1. The van der Waals surface area contributed by atoms with Gasteiger partial charge in [-0.1, -0.05) is 48.4 Å². The van der Waals surface area contributed by atoms with Crippen LogP contribution in [0.5, 0.6) is 5.75 Å². The summed E-state index contributed by atoms with van der Waals surface area (Å²) in [5.74, 6) is 0.449. The minimum atomic E-state index is -0.583. The molecule has 3 rings (SSSR count). The van der Waals surface area contributed by atoms with Gasteiger partial charge >= 0.3 is 0 Å². The van der Waals surface area contributed by atoms with Crippen LogP contribution in [0.15, 0.2) is 48.5 Å². The van der Waals surface area contributed by atoms with E-state index in [1.807, 2.05) is 6.07 Å². The van der Waals surface area contributed by atoms with E-state index in [4.69, 9.17) is 16.3 Å². The maximum atomic E-state index is 12.3. The second kappa shape index (κ2) is 9.77. The molecule has 0 saturated carbocycles. The third-order valence-corrected chi connectivity index (χ3v) is 5.03. The van der Waals surface area contributed by atoms with E-state index in [2.05, 4.69) is 28.4 Å². The number of nitrogens with one attached hydrogen (secondary N) is 1. The molecule has 1 heterocycles. The average Bonchev–Trinajstić information content (AvgIpc) is 2.67. The smallest absolute Gasteiger partial charge is 0.261 e. The topological polar surface area (TPSA) is 41.6 Å². The second-order valence-corrected chi connectivity index (χ2v) is 7.53. The minimum absolute atomic E-state index is 0.142. The van der Waals surface area contributed by atoms with Crippen molar-refractivity contribution in [3.63, 3.8) is 0 Å². The van der Waals surface area contributed by atoms with Gasteiger partial charge in [0.1, 0.15) is 5.75 Å². The normalized spacial score (nSPS) is 15.9. The van der Waals surface area contributed by atoms with Crippen LogP contribution >= 0.6 is 11.6 Å². The van der Waals surface area contributed by atoms with Gasteiger partial charge in [0.05, 0.1) is 0 Å². The summed E-state index contributed by atoms with van der Waals surface area (Å²) in [6.45, 7) is 5.58. The van der Waals surface area contributed by atoms with Gasteiger partial charge in [-0.15, -0.1) is 0 Å². The van der Waals surface area contributed by atoms with Gasteiger partial charge < -0.3 is 10.1 Å². The molecule has 1 N–H and O–H groups in total. The third kappa shape index (κ3) is 6.26. The Morgan fingerprint density at radius 3 is 2.63 bits per heavy atom. The van der Waals surface area contributed by atoms with Crippen LogP contribution in [0.4, 0.5) is 0 Å². The predicted molar refractivity (Wildman–Crippen MR) is 109 cm³/mol. The molecule has 0 aliphatic carbocycles. The molecule has 1 atom stereocenters. The van der Waals surface area contributed by atoms with E-state index in [9.17, 15) is 4.79 Å². The van der Waals surface area contributed by atoms with E-state index < -0.39 is 6.10 Å². The van der Waals surface area contributed by atoms with Gasteiger partial charge in [-0.2, -0.15) is 0 Å². The third-order valence-electron chi connectivity index (χ3n) is 4.79. The lowest BCUT2D eigenvalue weighted by atomic mass is 10.1. The summed E-state index contributed by atoms with van der Waals surface area (Å²) in [7, 11) is 0. The lowest BCUT2D eigenvalue weighted by molar-refractivity contribution is -0.127. The van der Waals surface area contributed by atoms with Crippen LogP contribution in [0.3, 0.4) is 0 Å². The molecular weight excluding hydrogens is 360 g/mol. The summed E-state index contributed by atoms with van der Waals surface area (Å²) in [4.78, 5) is 14.8. The van der Waals surface area contributed by atoms with Crippen molar-refractivity contribution in [1.82, 2.24) is 10.2 Å². The first-order chi connectivity index (χ1) is 13.1. The largest absolute Gasteiger partial charge is 0.481 e. The molecule has 0 bridgehead atoms. The fraction of sp³-hybridized carbons (Fsp3) is 0.409. The Bertz CT molecular complexity index is 759. The van der Waals surface area contributed by atoms with Crippen LogP contribution in [0, 0.1) is 0 Å². The SMILES string of the molecule is C[C@H](Oc1cccc(Cl)c1)C(=O)NCc1cccc(CN2CCCCC2)c1. The Hall–Kier alpha value is -2.04. The Kier molecular flexibility index (Phi) is 7.13. The van der Waals surface area contributed by atoms with Gasteiger partial charge in [0, 0.05) is 18.1 Å². The molecule has 27 heavy (non-hydrogen) atoms. The van der Waals surface area contributed by atoms with Crippen molar-refractivity contribution in [3.05, 3.63) is 64.7 Å². The van der Waals surface area contributed by atoms with Crippen LogP contribution in [-0.4, -0.2) is 30.0 Å². The zero-order valence-electron chi connectivity index (χ0n) is 15.8. The number of amides is 1. The minimum Gasteiger partial charge on any atom is -0.481 e. The number of carbonyl (C=O) groups is 1. The number of rotatable bonds is 7. The number of hydrogen-bond acceptors (Lipinski definition) is 3. The maximum Gasteiger partial charge on any atom is 0.261 e. The average molecular weight is 387 g/mol. The first kappa shape index (κ1) is 19.7. The number of piperidine rings is 1. The van der Waals surface area contributed by atoms with Gasteiger partial charge in [0.25, 0.3) is 5.91 Å².